The lowest BCUT2D eigenvalue weighted by Gasteiger charge is -2.27. The molecule has 1 saturated heterocycles. The van der Waals surface area contributed by atoms with Crippen LogP contribution in [0.25, 0.3) is 0 Å². The first kappa shape index (κ1) is 13.5. The van der Waals surface area contributed by atoms with E-state index in [1.54, 1.807) is 0 Å². The SMILES string of the molecule is CNC(=S)N1CCC[C@H]1c1ccc2c(c1)OCCCO2. The standard InChI is InChI=1S/C15H20N2O2S/c1-16-15(20)17-7-2-4-12(17)11-5-6-13-14(10-11)19-9-3-8-18-13/h5-6,10,12H,2-4,7-9H2,1H3,(H,16,20)/t12-/m0/s1. The van der Waals surface area contributed by atoms with Crippen LogP contribution in [0.15, 0.2) is 18.2 Å². The Labute approximate surface area is 125 Å². The smallest absolute Gasteiger partial charge is 0.169 e. The predicted octanol–water partition coefficient (Wildman–Crippen LogP) is 2.49. The van der Waals surface area contributed by atoms with E-state index in [1.165, 1.54) is 12.0 Å². The normalized spacial score (nSPS) is 21.4. The second-order valence-electron chi connectivity index (χ2n) is 5.16. The summed E-state index contributed by atoms with van der Waals surface area (Å²) >= 11 is 5.39. The van der Waals surface area contributed by atoms with Gasteiger partial charge in [-0.2, -0.15) is 0 Å². The Balaban J connectivity index is 1.86. The van der Waals surface area contributed by atoms with Crippen LogP contribution in [0, 0.1) is 0 Å². The molecule has 1 aromatic carbocycles. The Morgan fingerprint density at radius 3 is 2.85 bits per heavy atom. The highest BCUT2D eigenvalue weighted by Crippen LogP contribution is 2.37. The fourth-order valence-electron chi connectivity index (χ4n) is 2.89. The van der Waals surface area contributed by atoms with Crippen LogP contribution in [-0.2, 0) is 0 Å². The number of likely N-dealkylation sites (tertiary alicyclic amines) is 1. The van der Waals surface area contributed by atoms with Gasteiger partial charge in [-0.15, -0.1) is 0 Å². The Morgan fingerprint density at radius 1 is 1.25 bits per heavy atom. The van der Waals surface area contributed by atoms with E-state index in [0.717, 1.165) is 49.2 Å². The summed E-state index contributed by atoms with van der Waals surface area (Å²) in [5.74, 6) is 1.72. The van der Waals surface area contributed by atoms with Gasteiger partial charge < -0.3 is 19.7 Å². The van der Waals surface area contributed by atoms with Crippen LogP contribution in [0.3, 0.4) is 0 Å². The summed E-state index contributed by atoms with van der Waals surface area (Å²) in [7, 11) is 1.88. The molecule has 2 aliphatic heterocycles. The first-order valence-corrected chi connectivity index (χ1v) is 7.58. The maximum absolute atomic E-state index is 5.78. The van der Waals surface area contributed by atoms with Gasteiger partial charge in [0.2, 0.25) is 0 Å². The third-order valence-corrected chi connectivity index (χ3v) is 4.32. The van der Waals surface area contributed by atoms with Crippen molar-refractivity contribution in [1.29, 1.82) is 0 Å². The quantitative estimate of drug-likeness (QED) is 0.804. The minimum absolute atomic E-state index is 0.340. The zero-order valence-corrected chi connectivity index (χ0v) is 12.5. The first-order chi connectivity index (χ1) is 9.79. The van der Waals surface area contributed by atoms with E-state index < -0.39 is 0 Å². The molecule has 0 aromatic heterocycles. The van der Waals surface area contributed by atoms with Crippen LogP contribution < -0.4 is 14.8 Å². The minimum Gasteiger partial charge on any atom is -0.490 e. The molecule has 2 heterocycles. The third-order valence-electron chi connectivity index (χ3n) is 3.88. The van der Waals surface area contributed by atoms with Gasteiger partial charge in [-0.1, -0.05) is 6.07 Å². The van der Waals surface area contributed by atoms with Crippen molar-refractivity contribution >= 4 is 17.3 Å². The number of rotatable bonds is 1. The number of ether oxygens (including phenoxy) is 2. The van der Waals surface area contributed by atoms with Crippen molar-refractivity contribution in [2.24, 2.45) is 0 Å². The molecule has 0 saturated carbocycles. The molecule has 0 bridgehead atoms. The molecule has 0 spiro atoms. The molecule has 1 N–H and O–H groups in total. The van der Waals surface area contributed by atoms with Crippen molar-refractivity contribution in [1.82, 2.24) is 10.2 Å². The number of nitrogens with one attached hydrogen (secondary N) is 1. The number of benzene rings is 1. The number of fused-ring (bicyclic) bond motifs is 1. The van der Waals surface area contributed by atoms with Crippen molar-refractivity contribution in [2.45, 2.75) is 25.3 Å². The molecule has 1 fully saturated rings. The number of hydrogen-bond acceptors (Lipinski definition) is 3. The summed E-state index contributed by atoms with van der Waals surface area (Å²) in [6.07, 6.45) is 3.23. The van der Waals surface area contributed by atoms with Crippen molar-refractivity contribution in [3.8, 4) is 11.5 Å². The van der Waals surface area contributed by atoms with Gasteiger partial charge in [0, 0.05) is 20.0 Å². The Hall–Kier alpha value is -1.49. The average Bonchev–Trinajstić information content (AvgIpc) is 2.85. The van der Waals surface area contributed by atoms with Gasteiger partial charge >= 0.3 is 0 Å². The molecule has 2 aliphatic rings. The largest absolute Gasteiger partial charge is 0.490 e. The van der Waals surface area contributed by atoms with E-state index in [2.05, 4.69) is 22.3 Å². The van der Waals surface area contributed by atoms with E-state index in [-0.39, 0.29) is 0 Å². The molecule has 1 aromatic rings. The van der Waals surface area contributed by atoms with Gasteiger partial charge in [0.25, 0.3) is 0 Å². The molecular weight excluding hydrogens is 272 g/mol. The lowest BCUT2D eigenvalue weighted by atomic mass is 10.0. The lowest BCUT2D eigenvalue weighted by molar-refractivity contribution is 0.296. The zero-order chi connectivity index (χ0) is 13.9. The lowest BCUT2D eigenvalue weighted by Crippen LogP contribution is -2.37. The number of nitrogens with zero attached hydrogens (tertiary/aromatic N) is 1. The summed E-state index contributed by atoms with van der Waals surface area (Å²) in [4.78, 5) is 2.26. The highest BCUT2D eigenvalue weighted by molar-refractivity contribution is 7.80. The van der Waals surface area contributed by atoms with E-state index in [0.29, 0.717) is 6.04 Å². The molecule has 0 radical (unpaired) electrons. The van der Waals surface area contributed by atoms with E-state index in [9.17, 15) is 0 Å². The first-order valence-electron chi connectivity index (χ1n) is 7.17. The number of thiocarbonyl (C=S) groups is 1. The van der Waals surface area contributed by atoms with Gasteiger partial charge in [-0.3, -0.25) is 0 Å². The summed E-state index contributed by atoms with van der Waals surface area (Å²) in [5.41, 5.74) is 1.25. The van der Waals surface area contributed by atoms with Crippen LogP contribution in [0.4, 0.5) is 0 Å². The second-order valence-corrected chi connectivity index (χ2v) is 5.55. The van der Waals surface area contributed by atoms with Crippen molar-refractivity contribution < 1.29 is 9.47 Å². The molecule has 108 valence electrons. The second kappa shape index (κ2) is 5.87. The summed E-state index contributed by atoms with van der Waals surface area (Å²) in [5, 5.41) is 3.90. The van der Waals surface area contributed by atoms with Gasteiger partial charge in [0.1, 0.15) is 0 Å². The molecule has 1 atom stereocenters. The maximum Gasteiger partial charge on any atom is 0.169 e. The van der Waals surface area contributed by atoms with Crippen molar-refractivity contribution in [3.63, 3.8) is 0 Å². The molecule has 0 unspecified atom stereocenters. The molecule has 20 heavy (non-hydrogen) atoms. The Kier molecular flexibility index (Phi) is 3.96. The summed E-state index contributed by atoms with van der Waals surface area (Å²) < 4.78 is 11.5. The van der Waals surface area contributed by atoms with Crippen molar-refractivity contribution in [2.75, 3.05) is 26.8 Å². The fraction of sp³-hybridized carbons (Fsp3) is 0.533. The molecule has 0 aliphatic carbocycles. The zero-order valence-electron chi connectivity index (χ0n) is 11.7. The van der Waals surface area contributed by atoms with E-state index in [1.807, 2.05) is 13.1 Å². The monoisotopic (exact) mass is 292 g/mol. The van der Waals surface area contributed by atoms with Gasteiger partial charge in [0.05, 0.1) is 19.3 Å². The highest BCUT2D eigenvalue weighted by atomic mass is 32.1. The molecule has 3 rings (SSSR count). The van der Waals surface area contributed by atoms with Crippen LogP contribution >= 0.6 is 12.2 Å². The van der Waals surface area contributed by atoms with E-state index in [4.69, 9.17) is 21.7 Å². The van der Waals surface area contributed by atoms with Gasteiger partial charge in [0.15, 0.2) is 16.6 Å². The van der Waals surface area contributed by atoms with Crippen molar-refractivity contribution in [3.05, 3.63) is 23.8 Å². The summed E-state index contributed by atoms with van der Waals surface area (Å²) in [6.45, 7) is 2.46. The molecule has 4 nitrogen and oxygen atoms in total. The van der Waals surface area contributed by atoms with Crippen LogP contribution in [0.5, 0.6) is 11.5 Å². The average molecular weight is 292 g/mol. The molecular formula is C15H20N2O2S. The fourth-order valence-corrected chi connectivity index (χ4v) is 3.11. The minimum atomic E-state index is 0.340. The number of hydrogen-bond donors (Lipinski definition) is 1. The Bertz CT molecular complexity index is 507. The van der Waals surface area contributed by atoms with Gasteiger partial charge in [-0.05, 0) is 42.8 Å². The summed E-state index contributed by atoms with van der Waals surface area (Å²) in [6, 6.07) is 6.61. The Morgan fingerprint density at radius 2 is 2.05 bits per heavy atom. The van der Waals surface area contributed by atoms with Crippen LogP contribution in [-0.4, -0.2) is 36.8 Å². The van der Waals surface area contributed by atoms with Crippen LogP contribution in [0.2, 0.25) is 0 Å². The predicted molar refractivity (Wildman–Crippen MR) is 82.4 cm³/mol. The molecule has 0 amide bonds. The molecule has 5 heteroatoms. The maximum atomic E-state index is 5.78. The van der Waals surface area contributed by atoms with Crippen LogP contribution in [0.1, 0.15) is 30.9 Å². The highest BCUT2D eigenvalue weighted by Gasteiger charge is 2.28. The third kappa shape index (κ3) is 2.54. The van der Waals surface area contributed by atoms with E-state index >= 15 is 0 Å². The van der Waals surface area contributed by atoms with Gasteiger partial charge in [-0.25, -0.2) is 0 Å². The topological polar surface area (TPSA) is 33.7 Å².